The van der Waals surface area contributed by atoms with Gasteiger partial charge >= 0.3 is 0 Å². The van der Waals surface area contributed by atoms with Crippen molar-refractivity contribution in [3.63, 3.8) is 0 Å². The Bertz CT molecular complexity index is 634. The Balaban J connectivity index is 1.86. The molecule has 0 fully saturated rings. The van der Waals surface area contributed by atoms with Gasteiger partial charge in [0.15, 0.2) is 0 Å². The summed E-state index contributed by atoms with van der Waals surface area (Å²) >= 11 is 0. The Hall–Kier alpha value is -2.14. The largest absolute Gasteiger partial charge is 0.368 e. The van der Waals surface area contributed by atoms with Crippen molar-refractivity contribution in [3.8, 4) is 0 Å². The van der Waals surface area contributed by atoms with Crippen LogP contribution in [0.25, 0.3) is 0 Å². The van der Waals surface area contributed by atoms with Crippen molar-refractivity contribution in [2.24, 2.45) is 5.73 Å². The first-order chi connectivity index (χ1) is 9.63. The summed E-state index contributed by atoms with van der Waals surface area (Å²) in [5.74, 6) is 0.615. The molecular weight excluding hydrogens is 252 g/mol. The third kappa shape index (κ3) is 2.44. The molecule has 1 aromatic heterocycles. The second-order valence-electron chi connectivity index (χ2n) is 5.29. The number of amides is 1. The van der Waals surface area contributed by atoms with E-state index in [2.05, 4.69) is 27.0 Å². The fraction of sp³-hybridized carbons (Fsp3) is 0.333. The minimum absolute atomic E-state index is 0.256. The van der Waals surface area contributed by atoms with Crippen molar-refractivity contribution >= 4 is 5.91 Å². The lowest BCUT2D eigenvalue weighted by Gasteiger charge is -2.34. The second-order valence-corrected chi connectivity index (χ2v) is 5.29. The molecule has 2 aromatic rings. The predicted molar refractivity (Wildman–Crippen MR) is 75.7 cm³/mol. The van der Waals surface area contributed by atoms with Crippen molar-refractivity contribution in [2.75, 3.05) is 0 Å². The maximum Gasteiger partial charge on any atom is 0.235 e. The Morgan fingerprint density at radius 3 is 2.85 bits per heavy atom. The summed E-state index contributed by atoms with van der Waals surface area (Å²) in [6, 6.07) is 7.96. The van der Waals surface area contributed by atoms with E-state index in [-0.39, 0.29) is 11.9 Å². The van der Waals surface area contributed by atoms with Crippen LogP contribution >= 0.6 is 0 Å². The smallest absolute Gasteiger partial charge is 0.235 e. The average Bonchev–Trinajstić information content (AvgIpc) is 2.83. The van der Waals surface area contributed by atoms with E-state index >= 15 is 0 Å². The highest BCUT2D eigenvalue weighted by atomic mass is 16.1. The molecule has 1 amide bonds. The van der Waals surface area contributed by atoms with E-state index in [0.29, 0.717) is 13.0 Å². The number of hydrogen-bond acceptors (Lipinski definition) is 3. The number of carbonyl (C=O) groups excluding carboxylic acids is 1. The van der Waals surface area contributed by atoms with Crippen LogP contribution in [-0.4, -0.2) is 26.8 Å². The minimum atomic E-state index is -0.268. The highest BCUT2D eigenvalue weighted by Crippen LogP contribution is 2.24. The summed E-state index contributed by atoms with van der Waals surface area (Å²) in [5.41, 5.74) is 9.06. The van der Waals surface area contributed by atoms with Gasteiger partial charge in [0.05, 0.1) is 6.04 Å². The van der Waals surface area contributed by atoms with Gasteiger partial charge in [-0.3, -0.25) is 9.69 Å². The molecule has 0 radical (unpaired) electrons. The number of primary amides is 1. The summed E-state index contributed by atoms with van der Waals surface area (Å²) in [4.78, 5) is 21.2. The third-order valence-electron chi connectivity index (χ3n) is 3.80. The van der Waals surface area contributed by atoms with Gasteiger partial charge in [-0.25, -0.2) is 4.98 Å². The normalized spacial score (nSPS) is 18.8. The highest BCUT2D eigenvalue weighted by molar-refractivity contribution is 5.80. The van der Waals surface area contributed by atoms with Crippen molar-refractivity contribution in [2.45, 2.75) is 32.5 Å². The van der Waals surface area contributed by atoms with E-state index < -0.39 is 0 Å². The molecule has 0 spiro atoms. The number of H-pyrrole nitrogens is 1. The zero-order valence-electron chi connectivity index (χ0n) is 11.5. The number of aryl methyl sites for hydroxylation is 1. The number of nitrogens with two attached hydrogens (primary N) is 1. The zero-order valence-corrected chi connectivity index (χ0v) is 11.5. The van der Waals surface area contributed by atoms with Crippen molar-refractivity contribution < 1.29 is 4.79 Å². The van der Waals surface area contributed by atoms with E-state index in [1.165, 1.54) is 11.1 Å². The maximum absolute atomic E-state index is 11.7. The zero-order chi connectivity index (χ0) is 14.1. The van der Waals surface area contributed by atoms with E-state index in [0.717, 1.165) is 18.1 Å². The first-order valence-corrected chi connectivity index (χ1v) is 6.74. The maximum atomic E-state index is 11.7. The Morgan fingerprint density at radius 2 is 2.20 bits per heavy atom. The molecule has 0 bridgehead atoms. The first-order valence-electron chi connectivity index (χ1n) is 6.74. The number of aromatic nitrogens is 2. The molecule has 0 unspecified atom stereocenters. The number of aromatic amines is 1. The molecule has 0 aliphatic carbocycles. The number of imidazole rings is 1. The molecule has 2 heterocycles. The molecule has 5 heteroatoms. The molecule has 0 saturated heterocycles. The van der Waals surface area contributed by atoms with Gasteiger partial charge in [0.2, 0.25) is 5.91 Å². The molecule has 5 nitrogen and oxygen atoms in total. The van der Waals surface area contributed by atoms with Crippen LogP contribution in [0, 0.1) is 6.92 Å². The van der Waals surface area contributed by atoms with Crippen LogP contribution in [-0.2, 0) is 24.3 Å². The fourth-order valence-electron chi connectivity index (χ4n) is 2.79. The van der Waals surface area contributed by atoms with Gasteiger partial charge in [0, 0.05) is 25.0 Å². The van der Waals surface area contributed by atoms with Crippen molar-refractivity contribution in [1.29, 1.82) is 0 Å². The summed E-state index contributed by atoms with van der Waals surface area (Å²) in [6.07, 6.45) is 2.49. The van der Waals surface area contributed by atoms with Crippen LogP contribution < -0.4 is 5.73 Å². The Kier molecular flexibility index (Phi) is 3.28. The van der Waals surface area contributed by atoms with E-state index in [9.17, 15) is 4.79 Å². The number of hydrogen-bond donors (Lipinski definition) is 2. The van der Waals surface area contributed by atoms with Crippen LogP contribution in [0.2, 0.25) is 0 Å². The van der Waals surface area contributed by atoms with E-state index in [1.807, 2.05) is 25.3 Å². The average molecular weight is 270 g/mol. The van der Waals surface area contributed by atoms with Crippen LogP contribution in [0.1, 0.15) is 22.6 Å². The lowest BCUT2D eigenvalue weighted by atomic mass is 9.93. The number of benzene rings is 1. The van der Waals surface area contributed by atoms with Gasteiger partial charge < -0.3 is 10.7 Å². The topological polar surface area (TPSA) is 75.0 Å². The third-order valence-corrected chi connectivity index (χ3v) is 3.80. The van der Waals surface area contributed by atoms with Gasteiger partial charge in [-0.1, -0.05) is 24.3 Å². The standard InChI is InChI=1S/C15H18N4O/c1-10-17-7-13(18-10)9-19-8-12-5-3-2-4-11(12)6-14(19)15(16)20/h2-5,7,14H,6,8-9H2,1H3,(H2,16,20)(H,17,18)/t14-/m1/s1. The number of nitrogens with zero attached hydrogens (tertiary/aromatic N) is 2. The minimum Gasteiger partial charge on any atom is -0.368 e. The van der Waals surface area contributed by atoms with Crippen LogP contribution in [0.5, 0.6) is 0 Å². The monoisotopic (exact) mass is 270 g/mol. The van der Waals surface area contributed by atoms with Gasteiger partial charge in [0.1, 0.15) is 5.82 Å². The SMILES string of the molecule is Cc1ncc(CN2Cc3ccccc3C[C@@H]2C(N)=O)[nH]1. The molecule has 3 rings (SSSR count). The molecule has 20 heavy (non-hydrogen) atoms. The van der Waals surface area contributed by atoms with E-state index in [4.69, 9.17) is 5.73 Å². The Morgan fingerprint density at radius 1 is 1.45 bits per heavy atom. The summed E-state index contributed by atoms with van der Waals surface area (Å²) in [6.45, 7) is 3.31. The number of carbonyl (C=O) groups is 1. The summed E-state index contributed by atoms with van der Waals surface area (Å²) < 4.78 is 0. The molecule has 104 valence electrons. The van der Waals surface area contributed by atoms with Gasteiger partial charge in [0.25, 0.3) is 0 Å². The number of nitrogens with one attached hydrogen (secondary N) is 1. The predicted octanol–water partition coefficient (Wildman–Crippen LogP) is 1.13. The molecular formula is C15H18N4O. The van der Waals surface area contributed by atoms with Crippen molar-refractivity contribution in [3.05, 3.63) is 53.1 Å². The second kappa shape index (κ2) is 5.09. The van der Waals surface area contributed by atoms with Crippen LogP contribution in [0.4, 0.5) is 0 Å². The van der Waals surface area contributed by atoms with Gasteiger partial charge in [-0.15, -0.1) is 0 Å². The number of fused-ring (bicyclic) bond motifs is 1. The van der Waals surface area contributed by atoms with Crippen LogP contribution in [0.15, 0.2) is 30.5 Å². The molecule has 1 aromatic carbocycles. The summed E-state index contributed by atoms with van der Waals surface area (Å²) in [5, 5.41) is 0. The fourth-order valence-corrected chi connectivity index (χ4v) is 2.79. The summed E-state index contributed by atoms with van der Waals surface area (Å²) in [7, 11) is 0. The molecule has 3 N–H and O–H groups in total. The Labute approximate surface area is 117 Å². The van der Waals surface area contributed by atoms with Crippen molar-refractivity contribution in [1.82, 2.24) is 14.9 Å². The van der Waals surface area contributed by atoms with Gasteiger partial charge in [-0.05, 0) is 24.5 Å². The lowest BCUT2D eigenvalue weighted by Crippen LogP contribution is -2.48. The van der Waals surface area contributed by atoms with E-state index in [1.54, 1.807) is 0 Å². The molecule has 1 atom stereocenters. The quantitative estimate of drug-likeness (QED) is 0.878. The molecule has 0 saturated carbocycles. The number of rotatable bonds is 3. The van der Waals surface area contributed by atoms with Crippen LogP contribution in [0.3, 0.4) is 0 Å². The molecule has 1 aliphatic heterocycles. The molecule has 1 aliphatic rings. The highest BCUT2D eigenvalue weighted by Gasteiger charge is 2.30. The first kappa shape index (κ1) is 12.9. The van der Waals surface area contributed by atoms with Gasteiger partial charge in [-0.2, -0.15) is 0 Å². The lowest BCUT2D eigenvalue weighted by molar-refractivity contribution is -0.124.